The van der Waals surface area contributed by atoms with Gasteiger partial charge >= 0.3 is 5.97 Å². The van der Waals surface area contributed by atoms with Gasteiger partial charge in [-0.2, -0.15) is 0 Å². The number of carbonyl (C=O) groups excluding carboxylic acids is 1. The van der Waals surface area contributed by atoms with Crippen LogP contribution in [0.4, 0.5) is 0 Å². The number of esters is 1. The molecule has 1 aromatic carbocycles. The van der Waals surface area contributed by atoms with Gasteiger partial charge in [0.15, 0.2) is 0 Å². The molecule has 1 unspecified atom stereocenters. The number of methoxy groups -OCH3 is 2. The standard InChI is InChI=1S/C16H22O4/c1-5-20-16(17)12(2)7-6-8-13-9-10-14(18-3)11-15(13)19-4/h6-7,9-12H,5,8H2,1-4H3/b7-6+. The first-order chi connectivity index (χ1) is 9.62. The molecule has 4 nitrogen and oxygen atoms in total. The van der Waals surface area contributed by atoms with Gasteiger partial charge in [0.05, 0.1) is 26.7 Å². The number of allylic oxidation sites excluding steroid dienone is 1. The van der Waals surface area contributed by atoms with Gasteiger partial charge in [-0.3, -0.25) is 4.79 Å². The predicted octanol–water partition coefficient (Wildman–Crippen LogP) is 3.00. The van der Waals surface area contributed by atoms with E-state index in [1.807, 2.05) is 37.3 Å². The van der Waals surface area contributed by atoms with Crippen LogP contribution in [0.25, 0.3) is 0 Å². The van der Waals surface area contributed by atoms with Gasteiger partial charge in [-0.05, 0) is 31.9 Å². The third kappa shape index (κ3) is 4.61. The molecule has 0 saturated carbocycles. The third-order valence-electron chi connectivity index (χ3n) is 2.92. The SMILES string of the molecule is CCOC(=O)C(C)/C=C/Cc1ccc(OC)cc1OC. The van der Waals surface area contributed by atoms with E-state index in [0.717, 1.165) is 17.1 Å². The molecule has 0 saturated heterocycles. The third-order valence-corrected chi connectivity index (χ3v) is 2.92. The molecule has 0 aromatic heterocycles. The summed E-state index contributed by atoms with van der Waals surface area (Å²) >= 11 is 0. The first-order valence-corrected chi connectivity index (χ1v) is 6.66. The van der Waals surface area contributed by atoms with E-state index in [2.05, 4.69) is 0 Å². The molecule has 4 heteroatoms. The van der Waals surface area contributed by atoms with Crippen LogP contribution in [0.1, 0.15) is 19.4 Å². The van der Waals surface area contributed by atoms with Crippen molar-refractivity contribution in [2.75, 3.05) is 20.8 Å². The lowest BCUT2D eigenvalue weighted by Crippen LogP contribution is -2.12. The summed E-state index contributed by atoms with van der Waals surface area (Å²) in [6.45, 7) is 4.03. The van der Waals surface area contributed by atoms with E-state index in [1.165, 1.54) is 0 Å². The number of rotatable bonds is 7. The Hall–Kier alpha value is -1.97. The fourth-order valence-electron chi connectivity index (χ4n) is 1.77. The van der Waals surface area contributed by atoms with Gasteiger partial charge in [-0.1, -0.05) is 18.2 Å². The molecule has 0 aliphatic heterocycles. The Morgan fingerprint density at radius 1 is 1.30 bits per heavy atom. The zero-order valence-electron chi connectivity index (χ0n) is 12.5. The number of hydrogen-bond acceptors (Lipinski definition) is 4. The van der Waals surface area contributed by atoms with Crippen LogP contribution in [0.3, 0.4) is 0 Å². The first kappa shape index (κ1) is 16.1. The molecular formula is C16H22O4. The van der Waals surface area contributed by atoms with Crippen molar-refractivity contribution < 1.29 is 19.0 Å². The van der Waals surface area contributed by atoms with E-state index in [-0.39, 0.29) is 11.9 Å². The highest BCUT2D eigenvalue weighted by atomic mass is 16.5. The maximum atomic E-state index is 11.5. The van der Waals surface area contributed by atoms with Crippen molar-refractivity contribution in [1.29, 1.82) is 0 Å². The molecule has 0 radical (unpaired) electrons. The molecule has 0 N–H and O–H groups in total. The maximum absolute atomic E-state index is 11.5. The highest BCUT2D eigenvalue weighted by molar-refractivity contribution is 5.73. The van der Waals surface area contributed by atoms with Gasteiger partial charge in [0, 0.05) is 6.07 Å². The molecule has 0 spiro atoms. The van der Waals surface area contributed by atoms with Crippen molar-refractivity contribution in [3.8, 4) is 11.5 Å². The Morgan fingerprint density at radius 3 is 2.65 bits per heavy atom. The molecular weight excluding hydrogens is 256 g/mol. The predicted molar refractivity (Wildman–Crippen MR) is 78.2 cm³/mol. The molecule has 110 valence electrons. The van der Waals surface area contributed by atoms with E-state index >= 15 is 0 Å². The topological polar surface area (TPSA) is 44.8 Å². The van der Waals surface area contributed by atoms with E-state index in [9.17, 15) is 4.79 Å². The zero-order chi connectivity index (χ0) is 15.0. The van der Waals surface area contributed by atoms with Crippen molar-refractivity contribution in [3.63, 3.8) is 0 Å². The van der Waals surface area contributed by atoms with E-state index < -0.39 is 0 Å². The summed E-state index contributed by atoms with van der Waals surface area (Å²) in [5.41, 5.74) is 1.04. The molecule has 1 atom stereocenters. The minimum absolute atomic E-state index is 0.203. The molecule has 20 heavy (non-hydrogen) atoms. The van der Waals surface area contributed by atoms with Crippen molar-refractivity contribution in [2.24, 2.45) is 5.92 Å². The normalized spacial score (nSPS) is 12.2. The second kappa shape index (κ2) is 8.25. The van der Waals surface area contributed by atoms with Crippen LogP contribution in [-0.4, -0.2) is 26.8 Å². The van der Waals surface area contributed by atoms with Crippen LogP contribution >= 0.6 is 0 Å². The molecule has 1 rings (SSSR count). The van der Waals surface area contributed by atoms with Crippen LogP contribution in [0.15, 0.2) is 30.4 Å². The van der Waals surface area contributed by atoms with Crippen LogP contribution in [0.2, 0.25) is 0 Å². The Kier molecular flexibility index (Phi) is 6.64. The van der Waals surface area contributed by atoms with Gasteiger partial charge in [0.25, 0.3) is 0 Å². The fourth-order valence-corrected chi connectivity index (χ4v) is 1.77. The van der Waals surface area contributed by atoms with E-state index in [1.54, 1.807) is 21.1 Å². The van der Waals surface area contributed by atoms with Crippen molar-refractivity contribution in [2.45, 2.75) is 20.3 Å². The number of hydrogen-bond donors (Lipinski definition) is 0. The molecule has 0 aliphatic rings. The van der Waals surface area contributed by atoms with Crippen LogP contribution in [-0.2, 0) is 16.0 Å². The first-order valence-electron chi connectivity index (χ1n) is 6.66. The van der Waals surface area contributed by atoms with Gasteiger partial charge in [0.2, 0.25) is 0 Å². The lowest BCUT2D eigenvalue weighted by atomic mass is 10.1. The Labute approximate surface area is 120 Å². The Balaban J connectivity index is 2.67. The van der Waals surface area contributed by atoms with Gasteiger partial charge in [-0.25, -0.2) is 0 Å². The number of carbonyl (C=O) groups is 1. The average Bonchev–Trinajstić information content (AvgIpc) is 2.47. The molecule has 0 amide bonds. The maximum Gasteiger partial charge on any atom is 0.312 e. The lowest BCUT2D eigenvalue weighted by molar-refractivity contribution is -0.145. The number of benzene rings is 1. The van der Waals surface area contributed by atoms with Crippen molar-refractivity contribution >= 4 is 5.97 Å². The van der Waals surface area contributed by atoms with E-state index in [4.69, 9.17) is 14.2 Å². The number of ether oxygens (including phenoxy) is 3. The highest BCUT2D eigenvalue weighted by Gasteiger charge is 2.09. The second-order valence-corrected chi connectivity index (χ2v) is 4.35. The van der Waals surface area contributed by atoms with Crippen LogP contribution in [0.5, 0.6) is 11.5 Å². The average molecular weight is 278 g/mol. The molecule has 1 aromatic rings. The smallest absolute Gasteiger partial charge is 0.312 e. The molecule has 0 fully saturated rings. The second-order valence-electron chi connectivity index (χ2n) is 4.35. The van der Waals surface area contributed by atoms with Crippen LogP contribution < -0.4 is 9.47 Å². The summed E-state index contributed by atoms with van der Waals surface area (Å²) in [6.07, 6.45) is 4.49. The summed E-state index contributed by atoms with van der Waals surface area (Å²) in [7, 11) is 3.25. The minimum Gasteiger partial charge on any atom is -0.497 e. The summed E-state index contributed by atoms with van der Waals surface area (Å²) in [6, 6.07) is 5.69. The molecule has 0 bridgehead atoms. The van der Waals surface area contributed by atoms with Crippen molar-refractivity contribution in [3.05, 3.63) is 35.9 Å². The van der Waals surface area contributed by atoms with Gasteiger partial charge in [0.1, 0.15) is 11.5 Å². The molecule has 0 heterocycles. The summed E-state index contributed by atoms with van der Waals surface area (Å²) in [5.74, 6) is 1.09. The fraction of sp³-hybridized carbons (Fsp3) is 0.438. The van der Waals surface area contributed by atoms with Gasteiger partial charge in [-0.15, -0.1) is 0 Å². The molecule has 0 aliphatic carbocycles. The Morgan fingerprint density at radius 2 is 2.05 bits per heavy atom. The highest BCUT2D eigenvalue weighted by Crippen LogP contribution is 2.25. The Bertz CT molecular complexity index is 466. The van der Waals surface area contributed by atoms with Gasteiger partial charge < -0.3 is 14.2 Å². The summed E-state index contributed by atoms with van der Waals surface area (Å²) < 4.78 is 15.4. The quantitative estimate of drug-likeness (QED) is 0.568. The largest absolute Gasteiger partial charge is 0.497 e. The van der Waals surface area contributed by atoms with Crippen molar-refractivity contribution in [1.82, 2.24) is 0 Å². The lowest BCUT2D eigenvalue weighted by Gasteiger charge is -2.09. The summed E-state index contributed by atoms with van der Waals surface area (Å²) in [4.78, 5) is 11.5. The van der Waals surface area contributed by atoms with Crippen LogP contribution in [0, 0.1) is 5.92 Å². The summed E-state index contributed by atoms with van der Waals surface area (Å²) in [5, 5.41) is 0. The van der Waals surface area contributed by atoms with E-state index in [0.29, 0.717) is 13.0 Å². The zero-order valence-corrected chi connectivity index (χ0v) is 12.5. The monoisotopic (exact) mass is 278 g/mol. The minimum atomic E-state index is -0.237.